The molecule has 1 N–H and O–H groups in total. The van der Waals surface area contributed by atoms with Crippen molar-refractivity contribution >= 4 is 5.91 Å². The molecule has 0 saturated heterocycles. The second-order valence-electron chi connectivity index (χ2n) is 5.35. The van der Waals surface area contributed by atoms with Crippen LogP contribution in [0.1, 0.15) is 36.2 Å². The third-order valence-electron chi connectivity index (χ3n) is 4.11. The summed E-state index contributed by atoms with van der Waals surface area (Å²) in [7, 11) is 1.55. The summed E-state index contributed by atoms with van der Waals surface area (Å²) in [6.07, 6.45) is 1.05. The Morgan fingerprint density at radius 2 is 2.24 bits per heavy atom. The largest absolute Gasteiger partial charge is 0.376 e. The second kappa shape index (κ2) is 6.89. The fourth-order valence-electron chi connectivity index (χ4n) is 2.63. The molecular formula is C14H19F2N3O2. The maximum atomic E-state index is 12.7. The first-order valence-corrected chi connectivity index (χ1v) is 6.95. The number of carbonyl (C=O) groups excluding carboxylic acids is 1. The van der Waals surface area contributed by atoms with Crippen LogP contribution in [0.4, 0.5) is 8.78 Å². The van der Waals surface area contributed by atoms with Crippen molar-refractivity contribution < 1.29 is 18.3 Å². The molecule has 0 unspecified atom stereocenters. The average Bonchev–Trinajstić information content (AvgIpc) is 2.53. The molecule has 0 radical (unpaired) electrons. The van der Waals surface area contributed by atoms with Crippen molar-refractivity contribution in [2.24, 2.45) is 5.92 Å². The van der Waals surface area contributed by atoms with E-state index in [-0.39, 0.29) is 18.1 Å². The van der Waals surface area contributed by atoms with Crippen LogP contribution in [0.3, 0.4) is 0 Å². The highest BCUT2D eigenvalue weighted by Crippen LogP contribution is 2.36. The number of carbonyl (C=O) groups is 1. The van der Waals surface area contributed by atoms with E-state index in [9.17, 15) is 13.6 Å². The van der Waals surface area contributed by atoms with E-state index < -0.39 is 17.9 Å². The number of alkyl halides is 2. The molecule has 1 aromatic heterocycles. The van der Waals surface area contributed by atoms with Gasteiger partial charge in [-0.05, 0) is 37.8 Å². The lowest BCUT2D eigenvalue weighted by Crippen LogP contribution is -2.47. The molecule has 1 aliphatic rings. The SMILES string of the molecule is COC1(CNC(=O)c2cccnn2)CCC(C(F)F)CC1. The first-order valence-electron chi connectivity index (χ1n) is 6.95. The molecule has 21 heavy (non-hydrogen) atoms. The van der Waals surface area contributed by atoms with E-state index in [1.165, 1.54) is 6.20 Å². The van der Waals surface area contributed by atoms with Gasteiger partial charge in [-0.15, -0.1) is 5.10 Å². The zero-order valence-corrected chi connectivity index (χ0v) is 11.9. The van der Waals surface area contributed by atoms with Crippen molar-refractivity contribution in [3.63, 3.8) is 0 Å². The van der Waals surface area contributed by atoms with Gasteiger partial charge < -0.3 is 10.1 Å². The number of halogens is 2. The Balaban J connectivity index is 1.90. The number of amides is 1. The standard InChI is InChI=1S/C14H19F2N3O2/c1-21-14(6-4-10(5-7-14)12(15)16)9-17-13(20)11-3-2-8-18-19-11/h2-3,8,10,12H,4-7,9H2,1H3,(H,17,20). The van der Waals surface area contributed by atoms with E-state index in [2.05, 4.69) is 15.5 Å². The van der Waals surface area contributed by atoms with Gasteiger partial charge in [-0.1, -0.05) is 0 Å². The van der Waals surface area contributed by atoms with Crippen molar-refractivity contribution in [2.45, 2.75) is 37.7 Å². The lowest BCUT2D eigenvalue weighted by atomic mass is 9.78. The third-order valence-corrected chi connectivity index (χ3v) is 4.11. The summed E-state index contributed by atoms with van der Waals surface area (Å²) in [6, 6.07) is 3.19. The highest BCUT2D eigenvalue weighted by molar-refractivity contribution is 5.92. The maximum Gasteiger partial charge on any atom is 0.271 e. The van der Waals surface area contributed by atoms with Gasteiger partial charge in [0.1, 0.15) is 0 Å². The van der Waals surface area contributed by atoms with Gasteiger partial charge in [0.2, 0.25) is 6.43 Å². The van der Waals surface area contributed by atoms with E-state index >= 15 is 0 Å². The Morgan fingerprint density at radius 1 is 1.52 bits per heavy atom. The Morgan fingerprint density at radius 3 is 2.76 bits per heavy atom. The molecule has 1 saturated carbocycles. The van der Waals surface area contributed by atoms with Crippen LogP contribution in [0.5, 0.6) is 0 Å². The molecule has 1 amide bonds. The van der Waals surface area contributed by atoms with E-state index in [1.54, 1.807) is 19.2 Å². The smallest absolute Gasteiger partial charge is 0.271 e. The van der Waals surface area contributed by atoms with Crippen LogP contribution in [0.15, 0.2) is 18.3 Å². The van der Waals surface area contributed by atoms with Gasteiger partial charge in [0, 0.05) is 25.8 Å². The number of methoxy groups -OCH3 is 1. The summed E-state index contributed by atoms with van der Waals surface area (Å²) in [5.74, 6) is -0.903. The maximum absolute atomic E-state index is 12.7. The van der Waals surface area contributed by atoms with Crippen LogP contribution in [0.2, 0.25) is 0 Å². The van der Waals surface area contributed by atoms with Gasteiger partial charge in [-0.25, -0.2) is 8.78 Å². The Bertz CT molecular complexity index is 463. The van der Waals surface area contributed by atoms with Crippen molar-refractivity contribution in [3.05, 3.63) is 24.0 Å². The Kier molecular flexibility index (Phi) is 5.17. The van der Waals surface area contributed by atoms with Gasteiger partial charge in [-0.3, -0.25) is 4.79 Å². The topological polar surface area (TPSA) is 64.1 Å². The normalized spacial score (nSPS) is 25.8. The molecule has 0 aliphatic heterocycles. The Hall–Kier alpha value is -1.63. The van der Waals surface area contributed by atoms with E-state index in [0.29, 0.717) is 25.7 Å². The van der Waals surface area contributed by atoms with Crippen LogP contribution in [0, 0.1) is 5.92 Å². The first kappa shape index (κ1) is 15.8. The lowest BCUT2D eigenvalue weighted by molar-refractivity contribution is -0.0654. The minimum Gasteiger partial charge on any atom is -0.376 e. The number of hydrogen-bond donors (Lipinski definition) is 1. The fourth-order valence-corrected chi connectivity index (χ4v) is 2.63. The van der Waals surface area contributed by atoms with E-state index in [1.807, 2.05) is 0 Å². The van der Waals surface area contributed by atoms with Gasteiger partial charge in [0.05, 0.1) is 5.60 Å². The molecule has 2 rings (SSSR count). The summed E-state index contributed by atoms with van der Waals surface area (Å²) in [5, 5.41) is 10.1. The molecule has 1 heterocycles. The molecule has 116 valence electrons. The highest BCUT2D eigenvalue weighted by Gasteiger charge is 2.38. The molecule has 0 spiro atoms. The highest BCUT2D eigenvalue weighted by atomic mass is 19.3. The minimum atomic E-state index is -2.28. The van der Waals surface area contributed by atoms with E-state index in [0.717, 1.165) is 0 Å². The van der Waals surface area contributed by atoms with Crippen LogP contribution < -0.4 is 5.32 Å². The van der Waals surface area contributed by atoms with Gasteiger partial charge in [0.25, 0.3) is 5.91 Å². The molecule has 0 aromatic carbocycles. The molecule has 1 aromatic rings. The summed E-state index contributed by atoms with van der Waals surface area (Å²) < 4.78 is 30.9. The van der Waals surface area contributed by atoms with Crippen LogP contribution in [-0.2, 0) is 4.74 Å². The number of hydrogen-bond acceptors (Lipinski definition) is 4. The van der Waals surface area contributed by atoms with Gasteiger partial charge in [-0.2, -0.15) is 5.10 Å². The van der Waals surface area contributed by atoms with Crippen molar-refractivity contribution in [1.82, 2.24) is 15.5 Å². The minimum absolute atomic E-state index is 0.227. The van der Waals surface area contributed by atoms with E-state index in [4.69, 9.17) is 4.74 Å². The molecule has 1 aliphatic carbocycles. The summed E-state index contributed by atoms with van der Waals surface area (Å²) >= 11 is 0. The monoisotopic (exact) mass is 299 g/mol. The molecule has 1 fully saturated rings. The number of aromatic nitrogens is 2. The summed E-state index contributed by atoms with van der Waals surface area (Å²) in [4.78, 5) is 11.9. The quantitative estimate of drug-likeness (QED) is 0.903. The fraction of sp³-hybridized carbons (Fsp3) is 0.643. The second-order valence-corrected chi connectivity index (χ2v) is 5.35. The Labute approximate surface area is 122 Å². The zero-order chi connectivity index (χ0) is 15.3. The number of nitrogens with one attached hydrogen (secondary N) is 1. The lowest BCUT2D eigenvalue weighted by Gasteiger charge is -2.38. The van der Waals surface area contributed by atoms with Crippen molar-refractivity contribution in [2.75, 3.05) is 13.7 Å². The molecule has 7 heteroatoms. The first-order chi connectivity index (χ1) is 10.1. The number of nitrogens with zero attached hydrogens (tertiary/aromatic N) is 2. The van der Waals surface area contributed by atoms with Crippen molar-refractivity contribution in [3.8, 4) is 0 Å². The molecule has 5 nitrogen and oxygen atoms in total. The van der Waals surface area contributed by atoms with Crippen molar-refractivity contribution in [1.29, 1.82) is 0 Å². The van der Waals surface area contributed by atoms with Gasteiger partial charge in [0.15, 0.2) is 5.69 Å². The molecular weight excluding hydrogens is 280 g/mol. The molecule has 0 bridgehead atoms. The molecule has 0 atom stereocenters. The number of ether oxygens (including phenoxy) is 1. The van der Waals surface area contributed by atoms with Crippen LogP contribution in [-0.4, -0.2) is 41.8 Å². The number of rotatable bonds is 5. The summed E-state index contributed by atoms with van der Waals surface area (Å²) in [6.45, 7) is 0.287. The summed E-state index contributed by atoms with van der Waals surface area (Å²) in [5.41, 5.74) is -0.339. The predicted octanol–water partition coefficient (Wildman–Crippen LogP) is 2.05. The predicted molar refractivity (Wildman–Crippen MR) is 72.1 cm³/mol. The third kappa shape index (κ3) is 3.93. The van der Waals surface area contributed by atoms with Crippen LogP contribution in [0.25, 0.3) is 0 Å². The zero-order valence-electron chi connectivity index (χ0n) is 11.9. The average molecular weight is 299 g/mol. The van der Waals surface area contributed by atoms with Gasteiger partial charge >= 0.3 is 0 Å². The van der Waals surface area contributed by atoms with Crippen LogP contribution >= 0.6 is 0 Å².